The van der Waals surface area contributed by atoms with Crippen molar-refractivity contribution in [2.24, 2.45) is 0 Å². The molecule has 1 aromatic rings. The van der Waals surface area contributed by atoms with Gasteiger partial charge in [0.2, 0.25) is 0 Å². The normalized spacial score (nSPS) is 10.5. The summed E-state index contributed by atoms with van der Waals surface area (Å²) in [5.41, 5.74) is -0.0726. The van der Waals surface area contributed by atoms with Crippen LogP contribution < -0.4 is 29.6 Å². The molecule has 0 aliphatic rings. The zero-order valence-corrected chi connectivity index (χ0v) is 11.0. The molecule has 1 aromatic carbocycles. The molecule has 0 saturated heterocycles. The molecule has 0 aromatic heterocycles. The fraction of sp³-hybridized carbons (Fsp3) is 0.143. The van der Waals surface area contributed by atoms with Gasteiger partial charge in [0.25, 0.3) is 15.8 Å². The second kappa shape index (κ2) is 5.04. The number of hydrogen-bond donors (Lipinski definition) is 1. The first kappa shape index (κ1) is 14.5. The van der Waals surface area contributed by atoms with Crippen LogP contribution in [-0.2, 0) is 10.1 Å². The van der Waals surface area contributed by atoms with E-state index in [1.807, 2.05) is 0 Å². The van der Waals surface area contributed by atoms with Gasteiger partial charge in [-0.15, -0.1) is 0 Å². The molecule has 8 heteroatoms. The molecular weight excluding hydrogens is 233 g/mol. The van der Waals surface area contributed by atoms with Gasteiger partial charge < -0.3 is 1.43 Å². The van der Waals surface area contributed by atoms with E-state index in [1.165, 1.54) is 6.92 Å². The van der Waals surface area contributed by atoms with Gasteiger partial charge in [-0.3, -0.25) is 14.7 Å². The van der Waals surface area contributed by atoms with E-state index in [1.54, 1.807) is 0 Å². The molecule has 0 aliphatic carbocycles. The van der Waals surface area contributed by atoms with Crippen molar-refractivity contribution in [3.8, 4) is 0 Å². The first-order valence-electron chi connectivity index (χ1n) is 3.55. The van der Waals surface area contributed by atoms with Crippen LogP contribution >= 0.6 is 0 Å². The third-order valence-electron chi connectivity index (χ3n) is 1.65. The number of hydrogen-bond acceptors (Lipinski definition) is 4. The van der Waals surface area contributed by atoms with Crippen molar-refractivity contribution >= 4 is 15.8 Å². The maximum absolute atomic E-state index is 10.7. The Balaban J connectivity index is 0. The molecule has 1 rings (SSSR count). The van der Waals surface area contributed by atoms with Gasteiger partial charge in [0, 0.05) is 12.1 Å². The first-order chi connectivity index (χ1) is 6.32. The van der Waals surface area contributed by atoms with Crippen LogP contribution in [0.5, 0.6) is 0 Å². The van der Waals surface area contributed by atoms with Crippen molar-refractivity contribution in [1.29, 1.82) is 0 Å². The van der Waals surface area contributed by atoms with Crippen LogP contribution in [0.15, 0.2) is 23.1 Å². The van der Waals surface area contributed by atoms with E-state index in [9.17, 15) is 18.5 Å². The second-order valence-corrected chi connectivity index (χ2v) is 4.07. The molecule has 0 spiro atoms. The molecule has 0 unspecified atom stereocenters. The van der Waals surface area contributed by atoms with Gasteiger partial charge in [0.1, 0.15) is 0 Å². The number of nitro groups is 1. The van der Waals surface area contributed by atoms with E-state index in [0.29, 0.717) is 0 Å². The quantitative estimate of drug-likeness (QED) is 0.287. The van der Waals surface area contributed by atoms with Crippen LogP contribution in [0.1, 0.15) is 6.99 Å². The number of nitro benzene ring substituents is 1. The van der Waals surface area contributed by atoms with Crippen LogP contribution in [0.2, 0.25) is 0 Å². The van der Waals surface area contributed by atoms with Crippen LogP contribution in [0, 0.1) is 17.0 Å². The SMILES string of the molecule is Cc1cc([N+](=O)[O-])ccc1S(=O)(=O)O.[H-].[Na+]. The smallest absolute Gasteiger partial charge is 1.00 e. The maximum atomic E-state index is 10.7. The molecule has 6 nitrogen and oxygen atoms in total. The van der Waals surface area contributed by atoms with Crippen molar-refractivity contribution in [2.75, 3.05) is 0 Å². The first-order valence-corrected chi connectivity index (χ1v) is 4.99. The summed E-state index contributed by atoms with van der Waals surface area (Å²) in [5.74, 6) is 0. The standard InChI is InChI=1S/C7H7NO5S.Na.H/c1-5-4-6(8(9)10)2-3-7(5)14(11,12)13;;/h2-4H,1H3,(H,11,12,13);;/q;+1;-1. The second-order valence-electron chi connectivity index (χ2n) is 2.68. The fourth-order valence-corrected chi connectivity index (χ4v) is 1.74. The van der Waals surface area contributed by atoms with E-state index < -0.39 is 15.0 Å². The van der Waals surface area contributed by atoms with Gasteiger partial charge in [-0.2, -0.15) is 8.42 Å². The average molecular weight is 241 g/mol. The third-order valence-corrected chi connectivity index (χ3v) is 2.66. The van der Waals surface area contributed by atoms with Crippen molar-refractivity contribution < 1.29 is 48.9 Å². The van der Waals surface area contributed by atoms with Crippen molar-refractivity contribution in [2.45, 2.75) is 11.8 Å². The Kier molecular flexibility index (Phi) is 4.88. The summed E-state index contributed by atoms with van der Waals surface area (Å²) in [6.07, 6.45) is 0. The van der Waals surface area contributed by atoms with Crippen molar-refractivity contribution in [1.82, 2.24) is 0 Å². The van der Waals surface area contributed by atoms with Gasteiger partial charge in [0.05, 0.1) is 9.82 Å². The maximum Gasteiger partial charge on any atom is 1.00 e. The van der Waals surface area contributed by atoms with Gasteiger partial charge in [-0.05, 0) is 18.6 Å². The fourth-order valence-electron chi connectivity index (χ4n) is 1.04. The predicted octanol–water partition coefficient (Wildman–Crippen LogP) is -1.73. The van der Waals surface area contributed by atoms with Crippen molar-refractivity contribution in [3.05, 3.63) is 33.9 Å². The summed E-state index contributed by atoms with van der Waals surface area (Å²) in [6, 6.07) is 3.11. The monoisotopic (exact) mass is 241 g/mol. The summed E-state index contributed by atoms with van der Waals surface area (Å²) < 4.78 is 30.1. The molecule has 0 heterocycles. The van der Waals surface area contributed by atoms with E-state index in [2.05, 4.69) is 0 Å². The molecule has 15 heavy (non-hydrogen) atoms. The van der Waals surface area contributed by atoms with Gasteiger partial charge >= 0.3 is 29.6 Å². The summed E-state index contributed by atoms with van der Waals surface area (Å²) >= 11 is 0. The molecule has 0 saturated carbocycles. The Morgan fingerprint density at radius 1 is 1.47 bits per heavy atom. The largest absolute Gasteiger partial charge is 1.00 e. The van der Waals surface area contributed by atoms with Crippen LogP contribution in [-0.4, -0.2) is 17.9 Å². The van der Waals surface area contributed by atoms with E-state index in [0.717, 1.165) is 18.2 Å². The van der Waals surface area contributed by atoms with E-state index in [4.69, 9.17) is 4.55 Å². The Labute approximate surface area is 110 Å². The van der Waals surface area contributed by atoms with Crippen molar-refractivity contribution in [3.63, 3.8) is 0 Å². The Bertz CT molecular complexity index is 490. The number of non-ortho nitro benzene ring substituents is 1. The zero-order valence-electron chi connectivity index (χ0n) is 9.17. The summed E-state index contributed by atoms with van der Waals surface area (Å²) in [5, 5.41) is 10.3. The summed E-state index contributed by atoms with van der Waals surface area (Å²) in [7, 11) is -4.30. The molecular formula is C7H8NNaO5S. The number of aryl methyl sites for hydroxylation is 1. The molecule has 0 bridgehead atoms. The minimum Gasteiger partial charge on any atom is -1.00 e. The molecule has 78 valence electrons. The molecule has 0 aliphatic heterocycles. The Morgan fingerprint density at radius 3 is 2.33 bits per heavy atom. The molecule has 0 fully saturated rings. The zero-order chi connectivity index (χ0) is 10.9. The summed E-state index contributed by atoms with van der Waals surface area (Å²) in [4.78, 5) is 9.35. The Hall–Kier alpha value is -0.470. The van der Waals surface area contributed by atoms with Gasteiger partial charge in [0.15, 0.2) is 0 Å². The molecule has 0 atom stereocenters. The summed E-state index contributed by atoms with van der Waals surface area (Å²) in [6.45, 7) is 1.37. The number of benzene rings is 1. The van der Waals surface area contributed by atoms with Crippen LogP contribution in [0.25, 0.3) is 0 Å². The van der Waals surface area contributed by atoms with Gasteiger partial charge in [-0.25, -0.2) is 0 Å². The minimum absolute atomic E-state index is 0. The molecule has 0 radical (unpaired) electrons. The van der Waals surface area contributed by atoms with Crippen LogP contribution in [0.4, 0.5) is 5.69 Å². The number of nitrogens with zero attached hydrogens (tertiary/aromatic N) is 1. The molecule has 1 N–H and O–H groups in total. The molecule has 0 amide bonds. The number of rotatable bonds is 2. The van der Waals surface area contributed by atoms with E-state index in [-0.39, 0.29) is 47.1 Å². The topological polar surface area (TPSA) is 97.5 Å². The van der Waals surface area contributed by atoms with Gasteiger partial charge in [-0.1, -0.05) is 0 Å². The predicted molar refractivity (Wildman–Crippen MR) is 48.8 cm³/mol. The Morgan fingerprint density at radius 2 is 2.00 bits per heavy atom. The minimum atomic E-state index is -4.30. The van der Waals surface area contributed by atoms with E-state index >= 15 is 0 Å². The average Bonchev–Trinajstić information content (AvgIpc) is 2.01. The van der Waals surface area contributed by atoms with Crippen LogP contribution in [0.3, 0.4) is 0 Å². The third kappa shape index (κ3) is 3.54.